The molecule has 0 N–H and O–H groups in total. The highest BCUT2D eigenvalue weighted by Crippen LogP contribution is 2.27. The molecule has 2 aromatic rings. The zero-order chi connectivity index (χ0) is 9.97. The van der Waals surface area contributed by atoms with Crippen molar-refractivity contribution < 1.29 is 4.74 Å². The monoisotopic (exact) mass is 333 g/mol. The highest BCUT2D eigenvalue weighted by atomic mass is 79.9. The summed E-state index contributed by atoms with van der Waals surface area (Å²) in [5.74, 6) is 0.787. The van der Waals surface area contributed by atoms with Gasteiger partial charge in [-0.3, -0.25) is 0 Å². The van der Waals surface area contributed by atoms with Crippen molar-refractivity contribution in [3.63, 3.8) is 0 Å². The SMILES string of the molecule is Brc1ccc(Oc2nc(Br)cs2)cc1. The van der Waals surface area contributed by atoms with Gasteiger partial charge in [-0.1, -0.05) is 27.3 Å². The molecule has 0 fully saturated rings. The van der Waals surface area contributed by atoms with Gasteiger partial charge in [0.2, 0.25) is 0 Å². The second-order valence-electron chi connectivity index (χ2n) is 2.49. The Morgan fingerprint density at radius 3 is 2.43 bits per heavy atom. The number of nitrogens with zero attached hydrogens (tertiary/aromatic N) is 1. The number of halogens is 2. The summed E-state index contributed by atoms with van der Waals surface area (Å²) in [5, 5.41) is 2.52. The van der Waals surface area contributed by atoms with Crippen molar-refractivity contribution in [3.05, 3.63) is 38.7 Å². The number of hydrogen-bond acceptors (Lipinski definition) is 3. The molecule has 0 saturated carbocycles. The predicted octanol–water partition coefficient (Wildman–Crippen LogP) is 4.46. The van der Waals surface area contributed by atoms with Gasteiger partial charge >= 0.3 is 0 Å². The third-order valence-electron chi connectivity index (χ3n) is 1.47. The summed E-state index contributed by atoms with van der Waals surface area (Å²) in [5.41, 5.74) is 0. The third kappa shape index (κ3) is 2.56. The molecule has 2 nitrogen and oxygen atoms in total. The number of benzene rings is 1. The molecule has 2 rings (SSSR count). The Morgan fingerprint density at radius 1 is 1.14 bits per heavy atom. The zero-order valence-electron chi connectivity index (χ0n) is 6.91. The fourth-order valence-electron chi connectivity index (χ4n) is 0.889. The van der Waals surface area contributed by atoms with E-state index in [0.717, 1.165) is 14.8 Å². The first-order chi connectivity index (χ1) is 6.74. The van der Waals surface area contributed by atoms with E-state index in [9.17, 15) is 0 Å². The van der Waals surface area contributed by atoms with Gasteiger partial charge in [0.25, 0.3) is 5.19 Å². The van der Waals surface area contributed by atoms with E-state index in [1.54, 1.807) is 0 Å². The molecule has 72 valence electrons. The normalized spacial score (nSPS) is 10.1. The largest absolute Gasteiger partial charge is 0.431 e. The minimum Gasteiger partial charge on any atom is -0.431 e. The topological polar surface area (TPSA) is 22.1 Å². The van der Waals surface area contributed by atoms with Crippen LogP contribution >= 0.6 is 43.2 Å². The highest BCUT2D eigenvalue weighted by Gasteiger charge is 2.01. The maximum Gasteiger partial charge on any atom is 0.279 e. The average Bonchev–Trinajstić information content (AvgIpc) is 2.56. The maximum absolute atomic E-state index is 5.51. The number of hydrogen-bond donors (Lipinski definition) is 0. The van der Waals surface area contributed by atoms with Gasteiger partial charge in [0.1, 0.15) is 10.4 Å². The average molecular weight is 335 g/mol. The molecule has 0 aliphatic rings. The van der Waals surface area contributed by atoms with E-state index >= 15 is 0 Å². The molecule has 0 spiro atoms. The molecule has 0 saturated heterocycles. The van der Waals surface area contributed by atoms with Crippen molar-refractivity contribution >= 4 is 43.2 Å². The number of ether oxygens (including phenoxy) is 1. The smallest absolute Gasteiger partial charge is 0.279 e. The van der Waals surface area contributed by atoms with Crippen LogP contribution < -0.4 is 4.74 Å². The van der Waals surface area contributed by atoms with Crippen LogP contribution in [0.2, 0.25) is 0 Å². The maximum atomic E-state index is 5.51. The lowest BCUT2D eigenvalue weighted by Gasteiger charge is -2.00. The number of rotatable bonds is 2. The van der Waals surface area contributed by atoms with E-state index in [0.29, 0.717) is 5.19 Å². The molecule has 1 aromatic heterocycles. The van der Waals surface area contributed by atoms with Gasteiger partial charge in [-0.05, 0) is 40.2 Å². The summed E-state index contributed by atoms with van der Waals surface area (Å²) in [7, 11) is 0. The molecule has 0 amide bonds. The molecule has 14 heavy (non-hydrogen) atoms. The Morgan fingerprint density at radius 2 is 1.86 bits per heavy atom. The molecular formula is C9H5Br2NOS. The van der Waals surface area contributed by atoms with Crippen molar-refractivity contribution in [2.24, 2.45) is 0 Å². The lowest BCUT2D eigenvalue weighted by atomic mass is 10.3. The van der Waals surface area contributed by atoms with E-state index in [1.807, 2.05) is 29.6 Å². The van der Waals surface area contributed by atoms with Gasteiger partial charge in [-0.15, -0.1) is 0 Å². The van der Waals surface area contributed by atoms with Gasteiger partial charge in [0, 0.05) is 9.85 Å². The van der Waals surface area contributed by atoms with Crippen LogP contribution in [0.5, 0.6) is 10.9 Å². The minimum absolute atomic E-state index is 0.638. The predicted molar refractivity (Wildman–Crippen MR) is 64.0 cm³/mol. The summed E-state index contributed by atoms with van der Waals surface area (Å²) in [6.45, 7) is 0. The molecule has 0 aliphatic heterocycles. The van der Waals surface area contributed by atoms with E-state index in [-0.39, 0.29) is 0 Å². The molecule has 0 aliphatic carbocycles. The van der Waals surface area contributed by atoms with E-state index in [2.05, 4.69) is 36.8 Å². The third-order valence-corrected chi connectivity index (χ3v) is 3.43. The molecule has 5 heteroatoms. The quantitative estimate of drug-likeness (QED) is 0.808. The minimum atomic E-state index is 0.638. The zero-order valence-corrected chi connectivity index (χ0v) is 10.9. The van der Waals surface area contributed by atoms with Crippen molar-refractivity contribution in [2.45, 2.75) is 0 Å². The van der Waals surface area contributed by atoms with E-state index in [4.69, 9.17) is 4.74 Å². The Bertz CT molecular complexity index is 427. The Balaban J connectivity index is 2.15. The van der Waals surface area contributed by atoms with E-state index in [1.165, 1.54) is 11.3 Å². The van der Waals surface area contributed by atoms with Crippen LogP contribution in [0.3, 0.4) is 0 Å². The summed E-state index contributed by atoms with van der Waals surface area (Å²) >= 11 is 8.08. The number of thiazole rings is 1. The highest BCUT2D eigenvalue weighted by molar-refractivity contribution is 9.10. The van der Waals surface area contributed by atoms with Crippen LogP contribution in [0.15, 0.2) is 38.7 Å². The second-order valence-corrected chi connectivity index (χ2v) is 5.04. The lowest BCUT2D eigenvalue weighted by molar-refractivity contribution is 0.478. The van der Waals surface area contributed by atoms with Crippen LogP contribution in [0, 0.1) is 0 Å². The molecule has 0 unspecified atom stereocenters. The van der Waals surface area contributed by atoms with Crippen LogP contribution in [-0.4, -0.2) is 4.98 Å². The molecule has 1 heterocycles. The summed E-state index contributed by atoms with van der Waals surface area (Å²) in [6, 6.07) is 7.63. The van der Waals surface area contributed by atoms with Crippen molar-refractivity contribution in [3.8, 4) is 10.9 Å². The molecule has 1 aromatic carbocycles. The van der Waals surface area contributed by atoms with Gasteiger partial charge < -0.3 is 4.74 Å². The van der Waals surface area contributed by atoms with E-state index < -0.39 is 0 Å². The molecule has 0 bridgehead atoms. The van der Waals surface area contributed by atoms with Crippen LogP contribution in [0.25, 0.3) is 0 Å². The fourth-order valence-corrected chi connectivity index (χ4v) is 2.26. The first-order valence-electron chi connectivity index (χ1n) is 3.78. The Labute approximate surface area is 102 Å². The standard InChI is InChI=1S/C9H5Br2NOS/c10-6-1-3-7(4-2-6)13-9-12-8(11)5-14-9/h1-5H. The molecule has 0 radical (unpaired) electrons. The summed E-state index contributed by atoms with van der Waals surface area (Å²) in [6.07, 6.45) is 0. The van der Waals surface area contributed by atoms with Crippen LogP contribution in [-0.2, 0) is 0 Å². The Kier molecular flexibility index (Phi) is 3.20. The first kappa shape index (κ1) is 10.1. The van der Waals surface area contributed by atoms with Gasteiger partial charge in [0.15, 0.2) is 0 Å². The molecular weight excluding hydrogens is 330 g/mol. The number of aromatic nitrogens is 1. The fraction of sp³-hybridized carbons (Fsp3) is 0. The second kappa shape index (κ2) is 4.42. The first-order valence-corrected chi connectivity index (χ1v) is 6.25. The van der Waals surface area contributed by atoms with Gasteiger partial charge in [-0.25, -0.2) is 0 Å². The summed E-state index contributed by atoms with van der Waals surface area (Å²) in [4.78, 5) is 4.13. The van der Waals surface area contributed by atoms with Crippen molar-refractivity contribution in [1.82, 2.24) is 4.98 Å². The summed E-state index contributed by atoms with van der Waals surface area (Å²) < 4.78 is 7.34. The molecule has 0 atom stereocenters. The van der Waals surface area contributed by atoms with Gasteiger partial charge in [-0.2, -0.15) is 4.98 Å². The Hall–Kier alpha value is -0.390. The lowest BCUT2D eigenvalue weighted by Crippen LogP contribution is -1.81. The van der Waals surface area contributed by atoms with Crippen molar-refractivity contribution in [2.75, 3.05) is 0 Å². The van der Waals surface area contributed by atoms with Gasteiger partial charge in [0.05, 0.1) is 0 Å². The van der Waals surface area contributed by atoms with Crippen LogP contribution in [0.4, 0.5) is 0 Å². The van der Waals surface area contributed by atoms with Crippen molar-refractivity contribution in [1.29, 1.82) is 0 Å². The van der Waals surface area contributed by atoms with Crippen LogP contribution in [0.1, 0.15) is 0 Å².